The Labute approximate surface area is 115 Å². The number of ether oxygens (including phenoxy) is 2. The molecule has 1 aromatic rings. The normalized spacial score (nSPS) is 17.4. The molecule has 19 heavy (non-hydrogen) atoms. The van der Waals surface area contributed by atoms with Crippen LogP contribution < -0.4 is 9.47 Å². The highest BCUT2D eigenvalue weighted by Gasteiger charge is 2.13. The fourth-order valence-corrected chi connectivity index (χ4v) is 2.25. The maximum absolute atomic E-state index is 5.86. The molecule has 0 bridgehead atoms. The van der Waals surface area contributed by atoms with Crippen LogP contribution in [0.15, 0.2) is 18.2 Å². The molecule has 1 saturated heterocycles. The van der Waals surface area contributed by atoms with Crippen molar-refractivity contribution in [3.8, 4) is 11.5 Å². The van der Waals surface area contributed by atoms with Gasteiger partial charge in [0.15, 0.2) is 11.5 Å². The van der Waals surface area contributed by atoms with Crippen molar-refractivity contribution >= 4 is 0 Å². The summed E-state index contributed by atoms with van der Waals surface area (Å²) in [5.74, 6) is 1.65. The molecular formula is C15H24N2O2. The number of nitrogens with zero attached hydrogens (tertiary/aromatic N) is 2. The molecule has 0 aliphatic carbocycles. The number of likely N-dealkylation sites (N-methyl/N-ethyl adjacent to an activating group) is 1. The zero-order valence-corrected chi connectivity index (χ0v) is 12.2. The number of aryl methyl sites for hydroxylation is 1. The molecule has 0 amide bonds. The summed E-state index contributed by atoms with van der Waals surface area (Å²) in [7, 11) is 3.85. The van der Waals surface area contributed by atoms with Gasteiger partial charge in [0.2, 0.25) is 0 Å². The van der Waals surface area contributed by atoms with E-state index < -0.39 is 0 Å². The largest absolute Gasteiger partial charge is 0.493 e. The summed E-state index contributed by atoms with van der Waals surface area (Å²) in [5, 5.41) is 0. The van der Waals surface area contributed by atoms with E-state index in [1.807, 2.05) is 18.2 Å². The lowest BCUT2D eigenvalue weighted by Crippen LogP contribution is -2.45. The number of rotatable bonds is 5. The van der Waals surface area contributed by atoms with Crippen LogP contribution in [0.1, 0.15) is 5.56 Å². The second kappa shape index (κ2) is 6.78. The Morgan fingerprint density at radius 1 is 1.11 bits per heavy atom. The minimum absolute atomic E-state index is 0.712. The smallest absolute Gasteiger partial charge is 0.161 e. The second-order valence-electron chi connectivity index (χ2n) is 5.15. The quantitative estimate of drug-likeness (QED) is 0.807. The van der Waals surface area contributed by atoms with Crippen molar-refractivity contribution in [2.24, 2.45) is 0 Å². The lowest BCUT2D eigenvalue weighted by Gasteiger charge is -2.32. The molecule has 0 saturated carbocycles. The van der Waals surface area contributed by atoms with Crippen LogP contribution in [-0.4, -0.2) is 63.3 Å². The molecule has 106 valence electrons. The van der Waals surface area contributed by atoms with E-state index >= 15 is 0 Å². The van der Waals surface area contributed by atoms with Gasteiger partial charge in [0.25, 0.3) is 0 Å². The first-order valence-corrected chi connectivity index (χ1v) is 6.87. The van der Waals surface area contributed by atoms with Crippen LogP contribution in [0, 0.1) is 6.92 Å². The first kappa shape index (κ1) is 14.2. The van der Waals surface area contributed by atoms with Gasteiger partial charge >= 0.3 is 0 Å². The van der Waals surface area contributed by atoms with Crippen molar-refractivity contribution in [1.82, 2.24) is 9.80 Å². The maximum atomic E-state index is 5.86. The van der Waals surface area contributed by atoms with Gasteiger partial charge < -0.3 is 14.4 Å². The third-order valence-corrected chi connectivity index (χ3v) is 3.58. The average Bonchev–Trinajstić information content (AvgIpc) is 2.41. The van der Waals surface area contributed by atoms with Gasteiger partial charge in [-0.2, -0.15) is 0 Å². The van der Waals surface area contributed by atoms with Crippen LogP contribution in [-0.2, 0) is 0 Å². The van der Waals surface area contributed by atoms with Crippen LogP contribution in [0.5, 0.6) is 11.5 Å². The molecule has 0 atom stereocenters. The summed E-state index contributed by atoms with van der Waals surface area (Å²) < 4.78 is 11.2. The molecular weight excluding hydrogens is 240 g/mol. The summed E-state index contributed by atoms with van der Waals surface area (Å²) in [6, 6.07) is 6.02. The van der Waals surface area contributed by atoms with Crippen molar-refractivity contribution in [3.63, 3.8) is 0 Å². The van der Waals surface area contributed by atoms with Gasteiger partial charge in [-0.25, -0.2) is 0 Å². The minimum atomic E-state index is 0.712. The zero-order chi connectivity index (χ0) is 13.7. The second-order valence-corrected chi connectivity index (χ2v) is 5.15. The third kappa shape index (κ3) is 4.11. The van der Waals surface area contributed by atoms with E-state index in [4.69, 9.17) is 9.47 Å². The van der Waals surface area contributed by atoms with Gasteiger partial charge in [-0.1, -0.05) is 6.07 Å². The molecule has 1 aliphatic heterocycles. The third-order valence-electron chi connectivity index (χ3n) is 3.58. The van der Waals surface area contributed by atoms with E-state index in [0.29, 0.717) is 6.61 Å². The molecule has 1 heterocycles. The van der Waals surface area contributed by atoms with Gasteiger partial charge in [0.1, 0.15) is 6.61 Å². The number of methoxy groups -OCH3 is 1. The van der Waals surface area contributed by atoms with Crippen LogP contribution in [0.3, 0.4) is 0 Å². The van der Waals surface area contributed by atoms with E-state index in [-0.39, 0.29) is 0 Å². The van der Waals surface area contributed by atoms with E-state index in [0.717, 1.165) is 44.2 Å². The Morgan fingerprint density at radius 3 is 2.53 bits per heavy atom. The average molecular weight is 264 g/mol. The first-order chi connectivity index (χ1) is 9.19. The van der Waals surface area contributed by atoms with Crippen LogP contribution >= 0.6 is 0 Å². The molecule has 2 rings (SSSR count). The molecule has 4 nitrogen and oxygen atoms in total. The summed E-state index contributed by atoms with van der Waals surface area (Å²) >= 11 is 0. The molecule has 0 radical (unpaired) electrons. The van der Waals surface area contributed by atoms with Gasteiger partial charge in [0, 0.05) is 32.7 Å². The van der Waals surface area contributed by atoms with Crippen molar-refractivity contribution in [2.75, 3.05) is 53.5 Å². The van der Waals surface area contributed by atoms with E-state index in [1.165, 1.54) is 5.56 Å². The lowest BCUT2D eigenvalue weighted by atomic mass is 10.2. The molecule has 0 aromatic heterocycles. The molecule has 1 fully saturated rings. The molecule has 0 unspecified atom stereocenters. The monoisotopic (exact) mass is 264 g/mol. The Kier molecular flexibility index (Phi) is 5.05. The number of benzene rings is 1. The van der Waals surface area contributed by atoms with Gasteiger partial charge in [-0.15, -0.1) is 0 Å². The molecule has 4 heteroatoms. The Balaban J connectivity index is 1.80. The van der Waals surface area contributed by atoms with Crippen LogP contribution in [0.4, 0.5) is 0 Å². The summed E-state index contributed by atoms with van der Waals surface area (Å²) in [6.45, 7) is 8.30. The minimum Gasteiger partial charge on any atom is -0.493 e. The van der Waals surface area contributed by atoms with E-state index in [1.54, 1.807) is 7.11 Å². The summed E-state index contributed by atoms with van der Waals surface area (Å²) in [5.41, 5.74) is 1.19. The Morgan fingerprint density at radius 2 is 1.84 bits per heavy atom. The molecule has 1 aliphatic rings. The fraction of sp³-hybridized carbons (Fsp3) is 0.600. The molecule has 1 aromatic carbocycles. The van der Waals surface area contributed by atoms with Gasteiger partial charge in [0.05, 0.1) is 7.11 Å². The van der Waals surface area contributed by atoms with E-state index in [9.17, 15) is 0 Å². The predicted octanol–water partition coefficient (Wildman–Crippen LogP) is 1.63. The highest BCUT2D eigenvalue weighted by Crippen LogP contribution is 2.27. The number of hydrogen-bond acceptors (Lipinski definition) is 4. The zero-order valence-electron chi connectivity index (χ0n) is 12.2. The fourth-order valence-electron chi connectivity index (χ4n) is 2.25. The maximum Gasteiger partial charge on any atom is 0.161 e. The van der Waals surface area contributed by atoms with Crippen LogP contribution in [0.25, 0.3) is 0 Å². The van der Waals surface area contributed by atoms with Crippen LogP contribution in [0.2, 0.25) is 0 Å². The highest BCUT2D eigenvalue weighted by atomic mass is 16.5. The summed E-state index contributed by atoms with van der Waals surface area (Å²) in [4.78, 5) is 4.81. The van der Waals surface area contributed by atoms with Crippen molar-refractivity contribution in [2.45, 2.75) is 6.92 Å². The lowest BCUT2D eigenvalue weighted by molar-refractivity contribution is 0.133. The topological polar surface area (TPSA) is 24.9 Å². The van der Waals surface area contributed by atoms with Crippen molar-refractivity contribution in [1.29, 1.82) is 0 Å². The first-order valence-electron chi connectivity index (χ1n) is 6.87. The van der Waals surface area contributed by atoms with Crippen molar-refractivity contribution < 1.29 is 9.47 Å². The van der Waals surface area contributed by atoms with Gasteiger partial charge in [-0.05, 0) is 31.7 Å². The molecule has 0 spiro atoms. The summed E-state index contributed by atoms with van der Waals surface area (Å²) in [6.07, 6.45) is 0. The number of piperazine rings is 1. The standard InChI is InChI=1S/C15H24N2O2/c1-13-4-5-14(18-3)15(12-13)19-11-10-17-8-6-16(2)7-9-17/h4-5,12H,6-11H2,1-3H3. The predicted molar refractivity (Wildman–Crippen MR) is 77.2 cm³/mol. The van der Waals surface area contributed by atoms with Crippen molar-refractivity contribution in [3.05, 3.63) is 23.8 Å². The highest BCUT2D eigenvalue weighted by molar-refractivity contribution is 5.42. The number of hydrogen-bond donors (Lipinski definition) is 0. The van der Waals surface area contributed by atoms with Gasteiger partial charge in [-0.3, -0.25) is 4.90 Å². The van der Waals surface area contributed by atoms with E-state index in [2.05, 4.69) is 23.8 Å². The molecule has 0 N–H and O–H groups in total. The SMILES string of the molecule is COc1ccc(C)cc1OCCN1CCN(C)CC1. The Hall–Kier alpha value is -1.26. The Bertz CT molecular complexity index is 401.